The molecule has 3 rings (SSSR count). The van der Waals surface area contributed by atoms with Crippen LogP contribution in [-0.2, 0) is 5.41 Å². The lowest BCUT2D eigenvalue weighted by Crippen LogP contribution is -2.30. The van der Waals surface area contributed by atoms with Crippen molar-refractivity contribution >= 4 is 0 Å². The van der Waals surface area contributed by atoms with Gasteiger partial charge in [0.1, 0.15) is 5.75 Å². The number of benzene rings is 1. The van der Waals surface area contributed by atoms with E-state index in [1.165, 1.54) is 50.9 Å². The van der Waals surface area contributed by atoms with Crippen molar-refractivity contribution in [2.45, 2.75) is 31.1 Å². The van der Waals surface area contributed by atoms with E-state index in [1.54, 1.807) is 0 Å². The summed E-state index contributed by atoms with van der Waals surface area (Å²) in [6.45, 7) is 3.78. The van der Waals surface area contributed by atoms with Crippen LogP contribution in [0.15, 0.2) is 24.3 Å². The summed E-state index contributed by atoms with van der Waals surface area (Å²) in [6.07, 6.45) is 5.36. The number of aromatic hydroxyl groups is 1. The molecule has 2 aliphatic rings. The summed E-state index contributed by atoms with van der Waals surface area (Å²) in [5.74, 6) is 0.376. The van der Waals surface area contributed by atoms with Crippen LogP contribution in [0.4, 0.5) is 0 Å². The van der Waals surface area contributed by atoms with E-state index in [1.807, 2.05) is 12.1 Å². The van der Waals surface area contributed by atoms with Crippen molar-refractivity contribution in [1.82, 2.24) is 4.90 Å². The number of nitrogens with zero attached hydrogens (tertiary/aromatic N) is 1. The second-order valence-corrected chi connectivity index (χ2v) is 5.31. The highest BCUT2D eigenvalue weighted by molar-refractivity contribution is 5.36. The molecule has 1 saturated carbocycles. The molecular formula is C14H19NO. The lowest BCUT2D eigenvalue weighted by atomic mass is 9.95. The van der Waals surface area contributed by atoms with Crippen LogP contribution in [0.25, 0.3) is 0 Å². The molecule has 0 radical (unpaired) electrons. The number of likely N-dealkylation sites (tertiary alicyclic amines) is 1. The first kappa shape index (κ1) is 10.2. The molecule has 0 aromatic heterocycles. The fourth-order valence-corrected chi connectivity index (χ4v) is 2.87. The molecule has 1 aromatic rings. The van der Waals surface area contributed by atoms with Gasteiger partial charge in [0.05, 0.1) is 0 Å². The molecule has 1 heterocycles. The predicted octanol–water partition coefficient (Wildman–Crippen LogP) is 2.52. The van der Waals surface area contributed by atoms with Crippen LogP contribution in [0.1, 0.15) is 31.2 Å². The van der Waals surface area contributed by atoms with Crippen LogP contribution in [0.2, 0.25) is 0 Å². The van der Waals surface area contributed by atoms with Crippen molar-refractivity contribution in [3.8, 4) is 5.75 Å². The highest BCUT2D eigenvalue weighted by atomic mass is 16.3. The van der Waals surface area contributed by atoms with Gasteiger partial charge in [-0.15, -0.1) is 0 Å². The highest BCUT2D eigenvalue weighted by Crippen LogP contribution is 2.49. The Morgan fingerprint density at radius 2 is 1.69 bits per heavy atom. The van der Waals surface area contributed by atoms with Crippen LogP contribution < -0.4 is 0 Å². The first-order valence-corrected chi connectivity index (χ1v) is 6.30. The minimum absolute atomic E-state index is 0.376. The van der Waals surface area contributed by atoms with Crippen LogP contribution in [0, 0.1) is 0 Å². The maximum Gasteiger partial charge on any atom is 0.115 e. The quantitative estimate of drug-likeness (QED) is 0.841. The summed E-state index contributed by atoms with van der Waals surface area (Å²) >= 11 is 0. The Hall–Kier alpha value is -1.02. The van der Waals surface area contributed by atoms with Gasteiger partial charge in [-0.2, -0.15) is 0 Å². The maximum absolute atomic E-state index is 9.32. The molecule has 0 bridgehead atoms. The number of phenolic OH excluding ortho intramolecular Hbond substituents is 1. The van der Waals surface area contributed by atoms with Gasteiger partial charge in [0.2, 0.25) is 0 Å². The van der Waals surface area contributed by atoms with E-state index in [9.17, 15) is 5.11 Å². The van der Waals surface area contributed by atoms with Crippen molar-refractivity contribution in [2.75, 3.05) is 19.6 Å². The zero-order valence-electron chi connectivity index (χ0n) is 9.65. The third kappa shape index (κ3) is 1.82. The molecule has 0 atom stereocenters. The lowest BCUT2D eigenvalue weighted by Gasteiger charge is -2.23. The van der Waals surface area contributed by atoms with Gasteiger partial charge in [-0.25, -0.2) is 0 Å². The Kier molecular flexibility index (Phi) is 2.40. The van der Waals surface area contributed by atoms with Gasteiger partial charge in [0.25, 0.3) is 0 Å². The summed E-state index contributed by atoms with van der Waals surface area (Å²) in [4.78, 5) is 2.60. The van der Waals surface area contributed by atoms with Crippen LogP contribution in [0.3, 0.4) is 0 Å². The molecule has 1 aliphatic carbocycles. The van der Waals surface area contributed by atoms with Crippen molar-refractivity contribution in [2.24, 2.45) is 0 Å². The molecule has 2 heteroatoms. The molecule has 2 nitrogen and oxygen atoms in total. The molecule has 1 aromatic carbocycles. The van der Waals surface area contributed by atoms with Gasteiger partial charge in [-0.3, -0.25) is 0 Å². The Balaban J connectivity index is 1.74. The summed E-state index contributed by atoms with van der Waals surface area (Å²) in [6, 6.07) is 7.83. The molecule has 0 unspecified atom stereocenters. The second-order valence-electron chi connectivity index (χ2n) is 5.31. The minimum Gasteiger partial charge on any atom is -0.508 e. The van der Waals surface area contributed by atoms with Gasteiger partial charge in [0.15, 0.2) is 0 Å². The molecule has 1 N–H and O–H groups in total. The largest absolute Gasteiger partial charge is 0.508 e. The summed E-state index contributed by atoms with van der Waals surface area (Å²) < 4.78 is 0. The topological polar surface area (TPSA) is 23.5 Å². The first-order chi connectivity index (χ1) is 7.78. The standard InChI is InChI=1S/C14H19NO/c16-13-5-3-12(4-6-13)14(7-8-14)11-15-9-1-2-10-15/h3-6,16H,1-2,7-11H2. The molecule has 2 fully saturated rings. The van der Waals surface area contributed by atoms with Crippen molar-refractivity contribution in [1.29, 1.82) is 0 Å². The fourth-order valence-electron chi connectivity index (χ4n) is 2.87. The SMILES string of the molecule is Oc1ccc(C2(CN3CCCC3)CC2)cc1. The summed E-state index contributed by atoms with van der Waals surface area (Å²) in [7, 11) is 0. The number of hydrogen-bond donors (Lipinski definition) is 1. The van der Waals surface area contributed by atoms with Gasteiger partial charge >= 0.3 is 0 Å². The van der Waals surface area contributed by atoms with Crippen molar-refractivity contribution in [3.05, 3.63) is 29.8 Å². The Labute approximate surface area is 96.9 Å². The molecule has 86 valence electrons. The highest BCUT2D eigenvalue weighted by Gasteiger charge is 2.45. The van der Waals surface area contributed by atoms with Crippen LogP contribution in [-0.4, -0.2) is 29.6 Å². The third-order valence-corrected chi connectivity index (χ3v) is 4.06. The maximum atomic E-state index is 9.32. The zero-order valence-corrected chi connectivity index (χ0v) is 9.65. The third-order valence-electron chi connectivity index (χ3n) is 4.06. The van der Waals surface area contributed by atoms with E-state index >= 15 is 0 Å². The van der Waals surface area contributed by atoms with E-state index in [-0.39, 0.29) is 0 Å². The Morgan fingerprint density at radius 3 is 2.25 bits per heavy atom. The molecule has 1 saturated heterocycles. The number of rotatable bonds is 3. The Bertz CT molecular complexity index is 361. The predicted molar refractivity (Wildman–Crippen MR) is 64.7 cm³/mol. The smallest absolute Gasteiger partial charge is 0.115 e. The second kappa shape index (κ2) is 3.77. The molecule has 16 heavy (non-hydrogen) atoms. The zero-order chi connectivity index (χ0) is 11.0. The van der Waals surface area contributed by atoms with Crippen molar-refractivity contribution < 1.29 is 5.11 Å². The van der Waals surface area contributed by atoms with E-state index in [0.717, 1.165) is 0 Å². The summed E-state index contributed by atoms with van der Waals surface area (Å²) in [5.41, 5.74) is 1.83. The monoisotopic (exact) mass is 217 g/mol. The molecule has 0 spiro atoms. The van der Waals surface area contributed by atoms with Gasteiger partial charge in [-0.05, 0) is 56.5 Å². The summed E-state index contributed by atoms with van der Waals surface area (Å²) in [5, 5.41) is 9.32. The average molecular weight is 217 g/mol. The van der Waals surface area contributed by atoms with Crippen molar-refractivity contribution in [3.63, 3.8) is 0 Å². The van der Waals surface area contributed by atoms with Crippen LogP contribution in [0.5, 0.6) is 5.75 Å². The first-order valence-electron chi connectivity index (χ1n) is 6.30. The molecular weight excluding hydrogens is 198 g/mol. The van der Waals surface area contributed by atoms with E-state index in [4.69, 9.17) is 0 Å². The van der Waals surface area contributed by atoms with E-state index < -0.39 is 0 Å². The fraction of sp³-hybridized carbons (Fsp3) is 0.571. The van der Waals surface area contributed by atoms with E-state index in [2.05, 4.69) is 17.0 Å². The normalized spacial score (nSPS) is 23.5. The molecule has 0 amide bonds. The van der Waals surface area contributed by atoms with Gasteiger partial charge in [0, 0.05) is 12.0 Å². The number of phenols is 1. The van der Waals surface area contributed by atoms with Gasteiger partial charge < -0.3 is 10.0 Å². The minimum atomic E-state index is 0.376. The average Bonchev–Trinajstić information content (AvgIpc) is 2.88. The lowest BCUT2D eigenvalue weighted by molar-refractivity contribution is 0.305. The van der Waals surface area contributed by atoms with E-state index in [0.29, 0.717) is 11.2 Å². The number of hydrogen-bond acceptors (Lipinski definition) is 2. The Morgan fingerprint density at radius 1 is 1.06 bits per heavy atom. The van der Waals surface area contributed by atoms with Gasteiger partial charge in [-0.1, -0.05) is 12.1 Å². The van der Waals surface area contributed by atoms with Crippen LogP contribution >= 0.6 is 0 Å². The molecule has 1 aliphatic heterocycles.